The first-order chi connectivity index (χ1) is 13.1. The summed E-state index contributed by atoms with van der Waals surface area (Å²) in [5.41, 5.74) is 4.22. The first kappa shape index (κ1) is 17.7. The van der Waals surface area contributed by atoms with Gasteiger partial charge in [-0.2, -0.15) is 0 Å². The fraction of sp³-hybridized carbons (Fsp3) is 0.300. The third-order valence-corrected chi connectivity index (χ3v) is 5.81. The number of hydrogen-bond acceptors (Lipinski definition) is 5. The van der Waals surface area contributed by atoms with E-state index in [0.29, 0.717) is 29.2 Å². The van der Waals surface area contributed by atoms with Crippen LogP contribution in [-0.2, 0) is 0 Å². The summed E-state index contributed by atoms with van der Waals surface area (Å²) in [6.07, 6.45) is 4.98. The van der Waals surface area contributed by atoms with E-state index in [1.807, 2.05) is 11.8 Å². The van der Waals surface area contributed by atoms with E-state index in [2.05, 4.69) is 15.0 Å². The molecule has 0 radical (unpaired) electrons. The van der Waals surface area contributed by atoms with Crippen LogP contribution < -0.4 is 0 Å². The summed E-state index contributed by atoms with van der Waals surface area (Å²) >= 11 is 1.37. The van der Waals surface area contributed by atoms with Crippen LogP contribution in [-0.4, -0.2) is 38.8 Å². The number of benzene rings is 1. The third-order valence-electron chi connectivity index (χ3n) is 4.89. The number of thiazole rings is 1. The topological polar surface area (TPSA) is 59.0 Å². The summed E-state index contributed by atoms with van der Waals surface area (Å²) in [6, 6.07) is 6.60. The minimum absolute atomic E-state index is 0.0102. The molecule has 1 aliphatic heterocycles. The summed E-state index contributed by atoms with van der Waals surface area (Å²) < 4.78 is 14.3. The van der Waals surface area contributed by atoms with Gasteiger partial charge in [-0.25, -0.2) is 9.37 Å². The predicted molar refractivity (Wildman–Crippen MR) is 102 cm³/mol. The van der Waals surface area contributed by atoms with Gasteiger partial charge in [0.25, 0.3) is 5.91 Å². The first-order valence-corrected chi connectivity index (χ1v) is 9.78. The highest BCUT2D eigenvalue weighted by atomic mass is 32.1. The lowest BCUT2D eigenvalue weighted by Crippen LogP contribution is -2.39. The normalized spacial score (nSPS) is 17.1. The minimum Gasteiger partial charge on any atom is -0.337 e. The van der Waals surface area contributed by atoms with Gasteiger partial charge in [0.05, 0.1) is 22.6 Å². The van der Waals surface area contributed by atoms with Crippen molar-refractivity contribution in [3.63, 3.8) is 0 Å². The average Bonchev–Trinajstić information content (AvgIpc) is 3.14. The van der Waals surface area contributed by atoms with Crippen molar-refractivity contribution in [2.24, 2.45) is 0 Å². The van der Waals surface area contributed by atoms with Crippen molar-refractivity contribution < 1.29 is 9.18 Å². The Morgan fingerprint density at radius 2 is 2.04 bits per heavy atom. The fourth-order valence-corrected chi connectivity index (χ4v) is 4.31. The number of piperidine rings is 1. The van der Waals surface area contributed by atoms with Gasteiger partial charge < -0.3 is 4.90 Å². The number of rotatable bonds is 3. The largest absolute Gasteiger partial charge is 0.337 e. The lowest BCUT2D eigenvalue weighted by molar-refractivity contribution is 0.0710. The zero-order chi connectivity index (χ0) is 18.8. The quantitative estimate of drug-likeness (QED) is 0.685. The molecule has 2 aromatic heterocycles. The molecule has 1 saturated heterocycles. The van der Waals surface area contributed by atoms with Gasteiger partial charge in [0.1, 0.15) is 10.7 Å². The predicted octanol–water partition coefficient (Wildman–Crippen LogP) is 4.07. The molecule has 3 aromatic rings. The van der Waals surface area contributed by atoms with E-state index in [9.17, 15) is 9.18 Å². The van der Waals surface area contributed by atoms with Crippen molar-refractivity contribution in [1.29, 1.82) is 0 Å². The van der Waals surface area contributed by atoms with Crippen LogP contribution in [0.4, 0.5) is 4.39 Å². The molecule has 1 aliphatic rings. The molecule has 1 fully saturated rings. The lowest BCUT2D eigenvalue weighted by atomic mass is 9.91. The zero-order valence-electron chi connectivity index (χ0n) is 14.9. The van der Waals surface area contributed by atoms with Gasteiger partial charge in [-0.1, -0.05) is 12.1 Å². The van der Waals surface area contributed by atoms with Crippen molar-refractivity contribution in [3.05, 3.63) is 64.3 Å². The molecule has 27 heavy (non-hydrogen) atoms. The summed E-state index contributed by atoms with van der Waals surface area (Å²) in [5.74, 6) is -0.279. The standard InChI is InChI=1S/C20H19FN4OS/c1-13-19(27-12-24-13)20(26)25-10-4-5-14(11-25)17-18(23-9-8-22-17)15-6-2-3-7-16(15)21/h2-3,6-9,12,14H,4-5,10-11H2,1H3. The number of halogens is 1. The zero-order valence-corrected chi connectivity index (χ0v) is 15.7. The van der Waals surface area contributed by atoms with Gasteiger partial charge in [-0.05, 0) is 31.9 Å². The number of aromatic nitrogens is 3. The Morgan fingerprint density at radius 1 is 1.22 bits per heavy atom. The summed E-state index contributed by atoms with van der Waals surface area (Å²) in [5, 5.41) is 0. The van der Waals surface area contributed by atoms with Crippen molar-refractivity contribution in [1.82, 2.24) is 19.9 Å². The van der Waals surface area contributed by atoms with Crippen LogP contribution in [0.5, 0.6) is 0 Å². The van der Waals surface area contributed by atoms with E-state index in [4.69, 9.17) is 0 Å². The van der Waals surface area contributed by atoms with E-state index < -0.39 is 0 Å². The maximum Gasteiger partial charge on any atom is 0.265 e. The lowest BCUT2D eigenvalue weighted by Gasteiger charge is -2.33. The summed E-state index contributed by atoms with van der Waals surface area (Å²) in [7, 11) is 0. The second kappa shape index (κ2) is 7.52. The molecule has 1 amide bonds. The second-order valence-corrected chi connectivity index (χ2v) is 7.48. The Labute approximate surface area is 160 Å². The molecule has 0 saturated carbocycles. The molecule has 1 unspecified atom stereocenters. The van der Waals surface area contributed by atoms with Crippen LogP contribution in [0.2, 0.25) is 0 Å². The molecular weight excluding hydrogens is 363 g/mol. The number of carbonyl (C=O) groups excluding carboxylic acids is 1. The highest BCUT2D eigenvalue weighted by molar-refractivity contribution is 7.11. The van der Waals surface area contributed by atoms with E-state index in [-0.39, 0.29) is 17.6 Å². The molecule has 7 heteroatoms. The van der Waals surface area contributed by atoms with Crippen molar-refractivity contribution in [3.8, 4) is 11.3 Å². The Bertz CT molecular complexity index is 974. The van der Waals surface area contributed by atoms with E-state index >= 15 is 0 Å². The van der Waals surface area contributed by atoms with Gasteiger partial charge in [0.2, 0.25) is 0 Å². The van der Waals surface area contributed by atoms with Crippen LogP contribution in [0.3, 0.4) is 0 Å². The van der Waals surface area contributed by atoms with Gasteiger partial charge in [-0.15, -0.1) is 11.3 Å². The monoisotopic (exact) mass is 382 g/mol. The summed E-state index contributed by atoms with van der Waals surface area (Å²) in [4.78, 5) is 28.5. The van der Waals surface area contributed by atoms with Crippen LogP contribution >= 0.6 is 11.3 Å². The van der Waals surface area contributed by atoms with Gasteiger partial charge in [0, 0.05) is 37.0 Å². The van der Waals surface area contributed by atoms with Gasteiger partial charge in [-0.3, -0.25) is 14.8 Å². The molecule has 5 nitrogen and oxygen atoms in total. The SMILES string of the molecule is Cc1ncsc1C(=O)N1CCCC(c2nccnc2-c2ccccc2F)C1. The number of aryl methyl sites for hydroxylation is 1. The van der Waals surface area contributed by atoms with Crippen molar-refractivity contribution in [2.75, 3.05) is 13.1 Å². The van der Waals surface area contributed by atoms with E-state index in [1.165, 1.54) is 17.4 Å². The van der Waals surface area contributed by atoms with Crippen LogP contribution in [0.1, 0.15) is 39.8 Å². The Kier molecular flexibility index (Phi) is 4.94. The van der Waals surface area contributed by atoms with Crippen molar-refractivity contribution >= 4 is 17.2 Å². The molecule has 3 heterocycles. The molecular formula is C20H19FN4OS. The highest BCUT2D eigenvalue weighted by Gasteiger charge is 2.30. The number of nitrogens with zero attached hydrogens (tertiary/aromatic N) is 4. The number of carbonyl (C=O) groups is 1. The number of hydrogen-bond donors (Lipinski definition) is 0. The first-order valence-electron chi connectivity index (χ1n) is 8.90. The molecule has 0 aliphatic carbocycles. The van der Waals surface area contributed by atoms with Gasteiger partial charge in [0.15, 0.2) is 0 Å². The second-order valence-electron chi connectivity index (χ2n) is 6.63. The van der Waals surface area contributed by atoms with Crippen LogP contribution in [0.25, 0.3) is 11.3 Å². The molecule has 0 bridgehead atoms. The maximum absolute atomic E-state index is 14.3. The van der Waals surface area contributed by atoms with Gasteiger partial charge >= 0.3 is 0 Å². The van der Waals surface area contributed by atoms with E-state index in [1.54, 1.807) is 36.1 Å². The van der Waals surface area contributed by atoms with Crippen LogP contribution in [0, 0.1) is 12.7 Å². The fourth-order valence-electron chi connectivity index (χ4n) is 3.54. The summed E-state index contributed by atoms with van der Waals surface area (Å²) in [6.45, 7) is 3.11. The average molecular weight is 382 g/mol. The highest BCUT2D eigenvalue weighted by Crippen LogP contribution is 2.33. The Hall–Kier alpha value is -2.67. The third kappa shape index (κ3) is 3.47. The Balaban J connectivity index is 1.64. The molecule has 138 valence electrons. The molecule has 1 atom stereocenters. The number of amides is 1. The smallest absolute Gasteiger partial charge is 0.265 e. The minimum atomic E-state index is -0.316. The van der Waals surface area contributed by atoms with E-state index in [0.717, 1.165) is 24.2 Å². The van der Waals surface area contributed by atoms with Crippen molar-refractivity contribution in [2.45, 2.75) is 25.7 Å². The maximum atomic E-state index is 14.3. The Morgan fingerprint density at radius 3 is 2.81 bits per heavy atom. The molecule has 0 N–H and O–H groups in total. The number of likely N-dealkylation sites (tertiary alicyclic amines) is 1. The molecule has 0 spiro atoms. The van der Waals surface area contributed by atoms with Crippen LogP contribution in [0.15, 0.2) is 42.2 Å². The molecule has 1 aromatic carbocycles. The molecule has 4 rings (SSSR count).